The van der Waals surface area contributed by atoms with Gasteiger partial charge in [-0.15, -0.1) is 24.8 Å². The third kappa shape index (κ3) is 4.93. The maximum atomic E-state index is 12.7. The van der Waals surface area contributed by atoms with Crippen molar-refractivity contribution >= 4 is 36.4 Å². The number of amides is 1. The fourth-order valence-corrected chi connectivity index (χ4v) is 5.13. The van der Waals surface area contributed by atoms with Crippen LogP contribution in [0, 0.1) is 24.7 Å². The van der Waals surface area contributed by atoms with Gasteiger partial charge in [0.2, 0.25) is 5.91 Å². The standard InChI is InChI=1S/C21H31N3O2.2ClH/c1-14-12-17(6-7-18(14)26-11-10-24-8-2-3-9-24)23-21(25)19-15-4-5-16(13-15)20(19)22;;/h6-7,12,15-16,19-20H,2-5,8-11,13,22H2,1H3,(H,23,25);2*1H. The number of nitrogens with one attached hydrogen (secondary N) is 1. The molecule has 1 aromatic rings. The highest BCUT2D eigenvalue weighted by molar-refractivity contribution is 5.93. The number of fused-ring (bicyclic) bond motifs is 2. The van der Waals surface area contributed by atoms with Crippen LogP contribution in [0.4, 0.5) is 5.69 Å². The van der Waals surface area contributed by atoms with Crippen molar-refractivity contribution in [2.75, 3.05) is 31.6 Å². The lowest BCUT2D eigenvalue weighted by molar-refractivity contribution is -0.121. The minimum atomic E-state index is -0.0227. The van der Waals surface area contributed by atoms with E-state index >= 15 is 0 Å². The van der Waals surface area contributed by atoms with Crippen LogP contribution in [0.3, 0.4) is 0 Å². The van der Waals surface area contributed by atoms with Crippen LogP contribution in [0.1, 0.15) is 37.7 Å². The molecule has 2 aliphatic carbocycles. The molecule has 2 bridgehead atoms. The fraction of sp³-hybridized carbons (Fsp3) is 0.667. The average molecular weight is 430 g/mol. The Hall–Kier alpha value is -1.01. The summed E-state index contributed by atoms with van der Waals surface area (Å²) in [6, 6.07) is 5.94. The van der Waals surface area contributed by atoms with Gasteiger partial charge in [-0.1, -0.05) is 0 Å². The van der Waals surface area contributed by atoms with Gasteiger partial charge in [0.15, 0.2) is 0 Å². The molecule has 5 nitrogen and oxygen atoms in total. The monoisotopic (exact) mass is 429 g/mol. The maximum absolute atomic E-state index is 12.7. The van der Waals surface area contributed by atoms with Gasteiger partial charge in [0.25, 0.3) is 0 Å². The Kier molecular flexibility index (Phi) is 8.44. The predicted octanol–water partition coefficient (Wildman–Crippen LogP) is 3.63. The molecule has 0 radical (unpaired) electrons. The van der Waals surface area contributed by atoms with Crippen molar-refractivity contribution in [1.29, 1.82) is 0 Å². The van der Waals surface area contributed by atoms with Crippen LogP contribution in [0.15, 0.2) is 18.2 Å². The largest absolute Gasteiger partial charge is 0.492 e. The summed E-state index contributed by atoms with van der Waals surface area (Å²) in [5.41, 5.74) is 8.19. The Labute approximate surface area is 180 Å². The highest BCUT2D eigenvalue weighted by Gasteiger charge is 2.49. The molecule has 1 heterocycles. The number of nitrogens with zero attached hydrogens (tertiary/aromatic N) is 1. The Bertz CT molecular complexity index is 665. The Balaban J connectivity index is 0.00000140. The number of ether oxygens (including phenoxy) is 1. The van der Waals surface area contributed by atoms with E-state index in [0.29, 0.717) is 18.4 Å². The summed E-state index contributed by atoms with van der Waals surface area (Å²) in [7, 11) is 0. The van der Waals surface area contributed by atoms with Gasteiger partial charge >= 0.3 is 0 Å². The molecule has 4 rings (SSSR count). The quantitative estimate of drug-likeness (QED) is 0.724. The lowest BCUT2D eigenvalue weighted by atomic mass is 9.84. The topological polar surface area (TPSA) is 67.6 Å². The molecule has 0 spiro atoms. The molecule has 3 N–H and O–H groups in total. The first-order chi connectivity index (χ1) is 12.6. The first-order valence-electron chi connectivity index (χ1n) is 10.1. The van der Waals surface area contributed by atoms with Gasteiger partial charge in [-0.05, 0) is 87.7 Å². The maximum Gasteiger partial charge on any atom is 0.229 e. The number of hydrogen-bond donors (Lipinski definition) is 2. The van der Waals surface area contributed by atoms with Crippen molar-refractivity contribution in [2.45, 2.75) is 45.1 Å². The summed E-state index contributed by atoms with van der Waals surface area (Å²) in [5, 5.41) is 3.09. The van der Waals surface area contributed by atoms with E-state index in [0.717, 1.165) is 36.4 Å². The molecule has 1 saturated heterocycles. The van der Waals surface area contributed by atoms with Gasteiger partial charge in [-0.3, -0.25) is 9.69 Å². The van der Waals surface area contributed by atoms with Crippen LogP contribution in [0.5, 0.6) is 5.75 Å². The molecule has 1 aromatic carbocycles. The van der Waals surface area contributed by atoms with Gasteiger partial charge in [-0.25, -0.2) is 0 Å². The lowest BCUT2D eigenvalue weighted by Crippen LogP contribution is -2.42. The van der Waals surface area contributed by atoms with Crippen LogP contribution < -0.4 is 15.8 Å². The SMILES string of the molecule is Cc1cc(NC(=O)C2C3CCC(C3)C2N)ccc1OCCN1CCCC1.Cl.Cl. The van der Waals surface area contributed by atoms with E-state index in [4.69, 9.17) is 10.5 Å². The van der Waals surface area contributed by atoms with Crippen LogP contribution in [0.2, 0.25) is 0 Å². The molecule has 4 atom stereocenters. The molecule has 28 heavy (non-hydrogen) atoms. The van der Waals surface area contributed by atoms with Crippen molar-refractivity contribution < 1.29 is 9.53 Å². The number of halogens is 2. The van der Waals surface area contributed by atoms with Gasteiger partial charge in [0.1, 0.15) is 12.4 Å². The fourth-order valence-electron chi connectivity index (χ4n) is 5.13. The number of hydrogen-bond acceptors (Lipinski definition) is 4. The molecule has 3 aliphatic rings. The summed E-state index contributed by atoms with van der Waals surface area (Å²) in [5.74, 6) is 1.99. The Morgan fingerprint density at radius 1 is 1.21 bits per heavy atom. The zero-order valence-corrected chi connectivity index (χ0v) is 18.2. The van der Waals surface area contributed by atoms with E-state index in [-0.39, 0.29) is 42.7 Å². The summed E-state index contributed by atoms with van der Waals surface area (Å²) in [6.07, 6.45) is 6.08. The molecule has 4 unspecified atom stereocenters. The zero-order valence-electron chi connectivity index (χ0n) is 16.6. The highest BCUT2D eigenvalue weighted by Crippen LogP contribution is 2.47. The molecule has 1 aliphatic heterocycles. The minimum Gasteiger partial charge on any atom is -0.492 e. The summed E-state index contributed by atoms with van der Waals surface area (Å²) >= 11 is 0. The van der Waals surface area contributed by atoms with E-state index in [1.807, 2.05) is 25.1 Å². The number of anilines is 1. The molecule has 2 saturated carbocycles. The molecular formula is C21H33Cl2N3O2. The van der Waals surface area contributed by atoms with Gasteiger partial charge in [0, 0.05) is 18.3 Å². The van der Waals surface area contributed by atoms with E-state index in [1.54, 1.807) is 0 Å². The molecule has 7 heteroatoms. The summed E-state index contributed by atoms with van der Waals surface area (Å²) in [4.78, 5) is 15.1. The van der Waals surface area contributed by atoms with Gasteiger partial charge < -0.3 is 15.8 Å². The number of carbonyl (C=O) groups is 1. The smallest absolute Gasteiger partial charge is 0.229 e. The molecule has 3 fully saturated rings. The minimum absolute atomic E-state index is 0. The first-order valence-corrected chi connectivity index (χ1v) is 10.1. The summed E-state index contributed by atoms with van der Waals surface area (Å²) < 4.78 is 5.94. The van der Waals surface area contributed by atoms with Gasteiger partial charge in [-0.2, -0.15) is 0 Å². The van der Waals surface area contributed by atoms with Gasteiger partial charge in [0.05, 0.1) is 5.92 Å². The predicted molar refractivity (Wildman–Crippen MR) is 118 cm³/mol. The van der Waals surface area contributed by atoms with E-state index < -0.39 is 0 Å². The first kappa shape index (κ1) is 23.3. The number of carbonyl (C=O) groups excluding carboxylic acids is 1. The molecular weight excluding hydrogens is 397 g/mol. The van der Waals surface area contributed by atoms with Crippen LogP contribution in [-0.2, 0) is 4.79 Å². The molecule has 1 amide bonds. The Morgan fingerprint density at radius 3 is 2.57 bits per heavy atom. The van der Waals surface area contributed by atoms with Crippen LogP contribution in [0.25, 0.3) is 0 Å². The molecule has 158 valence electrons. The highest BCUT2D eigenvalue weighted by atomic mass is 35.5. The zero-order chi connectivity index (χ0) is 18.1. The van der Waals surface area contributed by atoms with E-state index in [2.05, 4.69) is 10.2 Å². The summed E-state index contributed by atoms with van der Waals surface area (Å²) in [6.45, 7) is 6.12. The second-order valence-electron chi connectivity index (χ2n) is 8.30. The van der Waals surface area contributed by atoms with Crippen molar-refractivity contribution in [3.63, 3.8) is 0 Å². The average Bonchev–Trinajstić information content (AvgIpc) is 3.34. The van der Waals surface area contributed by atoms with Crippen molar-refractivity contribution in [3.05, 3.63) is 23.8 Å². The number of aryl methyl sites for hydroxylation is 1. The normalized spacial score (nSPS) is 28.5. The third-order valence-electron chi connectivity index (χ3n) is 6.59. The van der Waals surface area contributed by atoms with Crippen LogP contribution >= 0.6 is 24.8 Å². The number of likely N-dealkylation sites (tertiary alicyclic amines) is 1. The molecule has 0 aromatic heterocycles. The lowest BCUT2D eigenvalue weighted by Gasteiger charge is -2.27. The van der Waals surface area contributed by atoms with Crippen molar-refractivity contribution in [1.82, 2.24) is 4.90 Å². The number of benzene rings is 1. The van der Waals surface area contributed by atoms with Crippen LogP contribution in [-0.4, -0.2) is 43.1 Å². The second kappa shape index (κ2) is 10.1. The van der Waals surface area contributed by atoms with Crippen molar-refractivity contribution in [3.8, 4) is 5.75 Å². The third-order valence-corrected chi connectivity index (χ3v) is 6.59. The second-order valence-corrected chi connectivity index (χ2v) is 8.30. The van der Waals surface area contributed by atoms with E-state index in [1.165, 1.54) is 32.4 Å². The Morgan fingerprint density at radius 2 is 1.93 bits per heavy atom. The number of nitrogens with two attached hydrogens (primary N) is 1. The number of rotatable bonds is 6. The van der Waals surface area contributed by atoms with E-state index in [9.17, 15) is 4.79 Å². The van der Waals surface area contributed by atoms with Crippen molar-refractivity contribution in [2.24, 2.45) is 23.5 Å².